The van der Waals surface area contributed by atoms with Crippen LogP contribution in [0.1, 0.15) is 10.4 Å². The summed E-state index contributed by atoms with van der Waals surface area (Å²) in [6.07, 6.45) is 0. The molecule has 6 heteroatoms. The molecule has 0 aromatic heterocycles. The van der Waals surface area contributed by atoms with Gasteiger partial charge < -0.3 is 4.74 Å². The molecule has 6 nitrogen and oxygen atoms in total. The van der Waals surface area contributed by atoms with Crippen molar-refractivity contribution in [1.29, 1.82) is 0 Å². The van der Waals surface area contributed by atoms with Gasteiger partial charge in [0.2, 0.25) is 0 Å². The molecule has 3 aromatic carbocycles. The van der Waals surface area contributed by atoms with Crippen molar-refractivity contribution >= 4 is 29.2 Å². The average molecular weight is 400 g/mol. The highest BCUT2D eigenvalue weighted by atomic mass is 16.5. The molecular formula is C24H20N2O4. The Kier molecular flexibility index (Phi) is 5.30. The van der Waals surface area contributed by atoms with Crippen molar-refractivity contribution < 1.29 is 19.1 Å². The second-order valence-corrected chi connectivity index (χ2v) is 6.84. The number of para-hydroxylation sites is 2. The molecule has 1 saturated heterocycles. The van der Waals surface area contributed by atoms with Crippen molar-refractivity contribution in [3.63, 3.8) is 0 Å². The number of carbonyl (C=O) groups excluding carboxylic acids is 3. The first-order chi connectivity index (χ1) is 14.6. The van der Waals surface area contributed by atoms with Gasteiger partial charge in [-0.3, -0.25) is 14.6 Å². The number of benzene rings is 3. The highest BCUT2D eigenvalue weighted by molar-refractivity contribution is 6.20. The fourth-order valence-electron chi connectivity index (χ4n) is 3.74. The zero-order valence-electron chi connectivity index (χ0n) is 16.3. The lowest BCUT2D eigenvalue weighted by Gasteiger charge is -2.25. The predicted octanol–water partition coefficient (Wildman–Crippen LogP) is 3.93. The highest BCUT2D eigenvalue weighted by Crippen LogP contribution is 2.35. The maximum absolute atomic E-state index is 13.6. The first kappa shape index (κ1) is 19.4. The minimum Gasteiger partial charge on any atom is -0.467 e. The van der Waals surface area contributed by atoms with Crippen molar-refractivity contribution in [2.45, 2.75) is 12.1 Å². The molecule has 3 aromatic rings. The van der Waals surface area contributed by atoms with Crippen LogP contribution in [0, 0.1) is 0 Å². The van der Waals surface area contributed by atoms with Crippen LogP contribution in [0.5, 0.6) is 0 Å². The molecule has 0 spiro atoms. The number of urea groups is 1. The van der Waals surface area contributed by atoms with Gasteiger partial charge in [0.15, 0.2) is 11.8 Å². The average Bonchev–Trinajstić information content (AvgIpc) is 3.12. The predicted molar refractivity (Wildman–Crippen MR) is 114 cm³/mol. The summed E-state index contributed by atoms with van der Waals surface area (Å²) in [5, 5.41) is 0. The number of anilines is 2. The van der Waals surface area contributed by atoms with Gasteiger partial charge >= 0.3 is 12.0 Å². The van der Waals surface area contributed by atoms with Crippen LogP contribution < -0.4 is 9.80 Å². The Morgan fingerprint density at radius 2 is 1.13 bits per heavy atom. The summed E-state index contributed by atoms with van der Waals surface area (Å²) in [6.45, 7) is 0. The largest absolute Gasteiger partial charge is 0.467 e. The van der Waals surface area contributed by atoms with Gasteiger partial charge in [-0.25, -0.2) is 9.59 Å². The molecule has 2 atom stereocenters. The van der Waals surface area contributed by atoms with Crippen LogP contribution in [0.15, 0.2) is 91.0 Å². The third-order valence-corrected chi connectivity index (χ3v) is 5.11. The van der Waals surface area contributed by atoms with E-state index in [0.29, 0.717) is 16.9 Å². The van der Waals surface area contributed by atoms with Gasteiger partial charge in [0, 0.05) is 16.9 Å². The van der Waals surface area contributed by atoms with Crippen LogP contribution in [0.2, 0.25) is 0 Å². The topological polar surface area (TPSA) is 66.9 Å². The van der Waals surface area contributed by atoms with Crippen molar-refractivity contribution in [2.24, 2.45) is 0 Å². The number of ketones is 1. The number of Topliss-reactive ketones (excluding diaryl/α,β-unsaturated/α-hetero) is 1. The zero-order valence-corrected chi connectivity index (χ0v) is 16.3. The molecular weight excluding hydrogens is 380 g/mol. The van der Waals surface area contributed by atoms with Gasteiger partial charge in [-0.2, -0.15) is 0 Å². The fraction of sp³-hybridized carbons (Fsp3) is 0.125. The van der Waals surface area contributed by atoms with Crippen LogP contribution in [0.4, 0.5) is 16.2 Å². The van der Waals surface area contributed by atoms with E-state index in [-0.39, 0.29) is 5.78 Å². The SMILES string of the molecule is COC(=O)C1C(C(=O)c2ccccc2)N(c2ccccc2)C(=O)N1c1ccccc1. The lowest BCUT2D eigenvalue weighted by molar-refractivity contribution is -0.142. The van der Waals surface area contributed by atoms with Crippen molar-refractivity contribution in [3.8, 4) is 0 Å². The fourth-order valence-corrected chi connectivity index (χ4v) is 3.74. The van der Waals surface area contributed by atoms with Crippen molar-refractivity contribution in [2.75, 3.05) is 16.9 Å². The highest BCUT2D eigenvalue weighted by Gasteiger charge is 2.54. The Morgan fingerprint density at radius 3 is 1.60 bits per heavy atom. The number of esters is 1. The van der Waals surface area contributed by atoms with E-state index in [0.717, 1.165) is 0 Å². The van der Waals surface area contributed by atoms with Gasteiger partial charge in [0.25, 0.3) is 0 Å². The summed E-state index contributed by atoms with van der Waals surface area (Å²) in [6, 6.07) is 23.7. The van der Waals surface area contributed by atoms with E-state index in [1.165, 1.54) is 16.9 Å². The second kappa shape index (κ2) is 8.21. The van der Waals surface area contributed by atoms with E-state index in [2.05, 4.69) is 0 Å². The minimum absolute atomic E-state index is 0.332. The molecule has 0 aliphatic carbocycles. The summed E-state index contributed by atoms with van der Waals surface area (Å²) in [4.78, 5) is 42.7. The number of rotatable bonds is 5. The molecule has 4 rings (SSSR count). The third kappa shape index (κ3) is 3.33. The van der Waals surface area contributed by atoms with E-state index in [1.54, 1.807) is 78.9 Å². The lowest BCUT2D eigenvalue weighted by Crippen LogP contribution is -2.48. The Balaban J connectivity index is 1.90. The summed E-state index contributed by atoms with van der Waals surface area (Å²) in [5.41, 5.74) is 1.46. The first-order valence-electron chi connectivity index (χ1n) is 9.53. The molecule has 2 unspecified atom stereocenters. The van der Waals surface area contributed by atoms with E-state index in [1.807, 2.05) is 12.1 Å². The number of carbonyl (C=O) groups is 3. The van der Waals surface area contributed by atoms with Gasteiger partial charge in [-0.15, -0.1) is 0 Å². The van der Waals surface area contributed by atoms with Crippen LogP contribution in [0.25, 0.3) is 0 Å². The molecule has 1 fully saturated rings. The van der Waals surface area contributed by atoms with E-state index >= 15 is 0 Å². The Bertz CT molecular complexity index is 1050. The van der Waals surface area contributed by atoms with Crippen LogP contribution >= 0.6 is 0 Å². The molecule has 150 valence electrons. The molecule has 0 bridgehead atoms. The Labute approximate surface area is 174 Å². The molecule has 1 aliphatic heterocycles. The lowest BCUT2D eigenvalue weighted by atomic mass is 9.96. The number of hydrogen-bond acceptors (Lipinski definition) is 4. The van der Waals surface area contributed by atoms with Crippen molar-refractivity contribution in [3.05, 3.63) is 96.6 Å². The van der Waals surface area contributed by atoms with Crippen LogP contribution in [0.3, 0.4) is 0 Å². The molecule has 0 N–H and O–H groups in total. The smallest absolute Gasteiger partial charge is 0.331 e. The molecule has 1 aliphatic rings. The summed E-state index contributed by atoms with van der Waals surface area (Å²) in [7, 11) is 1.26. The molecule has 0 saturated carbocycles. The van der Waals surface area contributed by atoms with E-state index in [9.17, 15) is 14.4 Å². The number of amides is 2. The molecule has 2 amide bonds. The number of methoxy groups -OCH3 is 1. The third-order valence-electron chi connectivity index (χ3n) is 5.11. The van der Waals surface area contributed by atoms with Crippen molar-refractivity contribution in [1.82, 2.24) is 0 Å². The van der Waals surface area contributed by atoms with Gasteiger partial charge in [-0.05, 0) is 24.3 Å². The molecule has 30 heavy (non-hydrogen) atoms. The minimum atomic E-state index is -1.13. The number of ether oxygens (including phenoxy) is 1. The second-order valence-electron chi connectivity index (χ2n) is 6.84. The van der Waals surface area contributed by atoms with Crippen LogP contribution in [-0.2, 0) is 9.53 Å². The zero-order chi connectivity index (χ0) is 21.1. The Hall–Kier alpha value is -3.93. The number of nitrogens with zero attached hydrogens (tertiary/aromatic N) is 2. The van der Waals surface area contributed by atoms with E-state index < -0.39 is 24.1 Å². The molecule has 1 heterocycles. The van der Waals surface area contributed by atoms with E-state index in [4.69, 9.17) is 4.74 Å². The van der Waals surface area contributed by atoms with Gasteiger partial charge in [0.1, 0.15) is 6.04 Å². The summed E-state index contributed by atoms with van der Waals surface area (Å²) < 4.78 is 5.02. The standard InChI is InChI=1S/C24H20N2O4/c1-30-23(28)21-20(22(27)17-11-5-2-6-12-17)25(18-13-7-3-8-14-18)24(29)26(21)19-15-9-4-10-16-19/h2-16,20-21H,1H3. The quantitative estimate of drug-likeness (QED) is 0.481. The monoisotopic (exact) mass is 400 g/mol. The van der Waals surface area contributed by atoms with Crippen LogP contribution in [-0.4, -0.2) is 37.0 Å². The Morgan fingerprint density at radius 1 is 0.700 bits per heavy atom. The normalized spacial score (nSPS) is 18.4. The summed E-state index contributed by atoms with van der Waals surface area (Å²) >= 11 is 0. The maximum atomic E-state index is 13.6. The maximum Gasteiger partial charge on any atom is 0.331 e. The summed E-state index contributed by atoms with van der Waals surface area (Å²) in [5.74, 6) is -0.985. The van der Waals surface area contributed by atoms with Gasteiger partial charge in [-0.1, -0.05) is 66.7 Å². The number of hydrogen-bond donors (Lipinski definition) is 0. The first-order valence-corrected chi connectivity index (χ1v) is 9.53. The van der Waals surface area contributed by atoms with Gasteiger partial charge in [0.05, 0.1) is 7.11 Å². The molecule has 0 radical (unpaired) electrons.